The lowest BCUT2D eigenvalue weighted by Gasteiger charge is -2.27. The summed E-state index contributed by atoms with van der Waals surface area (Å²) in [4.78, 5) is 19.3. The predicted octanol–water partition coefficient (Wildman–Crippen LogP) is 2.44. The third-order valence-corrected chi connectivity index (χ3v) is 4.64. The van der Waals surface area contributed by atoms with E-state index in [0.29, 0.717) is 17.4 Å². The number of nitrogens with zero attached hydrogens (tertiary/aromatic N) is 2. The Morgan fingerprint density at radius 2 is 2.17 bits per heavy atom. The van der Waals surface area contributed by atoms with Crippen LogP contribution in [0.4, 0.5) is 0 Å². The van der Waals surface area contributed by atoms with Crippen molar-refractivity contribution in [3.05, 3.63) is 15.6 Å². The third kappa shape index (κ3) is 2.90. The summed E-state index contributed by atoms with van der Waals surface area (Å²) >= 11 is 1.51. The SMILES string of the molecule is CCOC(=O)c1sc(C2CCN(C)CC2)nc1C. The number of ether oxygens (including phenoxy) is 1. The molecule has 0 amide bonds. The quantitative estimate of drug-likeness (QED) is 0.790. The van der Waals surface area contributed by atoms with E-state index in [4.69, 9.17) is 4.74 Å². The summed E-state index contributed by atoms with van der Waals surface area (Å²) in [5, 5.41) is 1.10. The molecule has 1 aliphatic heterocycles. The Labute approximate surface area is 112 Å². The summed E-state index contributed by atoms with van der Waals surface area (Å²) in [7, 11) is 2.15. The highest BCUT2D eigenvalue weighted by atomic mass is 32.1. The minimum Gasteiger partial charge on any atom is -0.462 e. The topological polar surface area (TPSA) is 42.4 Å². The van der Waals surface area contributed by atoms with Gasteiger partial charge in [-0.1, -0.05) is 0 Å². The van der Waals surface area contributed by atoms with Crippen LogP contribution >= 0.6 is 11.3 Å². The fourth-order valence-corrected chi connectivity index (χ4v) is 3.36. The molecule has 0 saturated carbocycles. The van der Waals surface area contributed by atoms with Crippen LogP contribution in [0.1, 0.15) is 46.1 Å². The molecule has 18 heavy (non-hydrogen) atoms. The van der Waals surface area contributed by atoms with Gasteiger partial charge in [-0.05, 0) is 46.8 Å². The first kappa shape index (κ1) is 13.5. The van der Waals surface area contributed by atoms with Crippen molar-refractivity contribution in [2.75, 3.05) is 26.7 Å². The van der Waals surface area contributed by atoms with Gasteiger partial charge in [-0.2, -0.15) is 0 Å². The second-order valence-electron chi connectivity index (χ2n) is 4.76. The van der Waals surface area contributed by atoms with Crippen molar-refractivity contribution >= 4 is 17.3 Å². The fourth-order valence-electron chi connectivity index (χ4n) is 2.23. The van der Waals surface area contributed by atoms with Gasteiger partial charge in [0.2, 0.25) is 0 Å². The number of rotatable bonds is 3. The predicted molar refractivity (Wildman–Crippen MR) is 72.3 cm³/mol. The molecule has 0 unspecified atom stereocenters. The van der Waals surface area contributed by atoms with Crippen molar-refractivity contribution in [2.24, 2.45) is 0 Å². The third-order valence-electron chi connectivity index (χ3n) is 3.34. The number of thiazole rings is 1. The van der Waals surface area contributed by atoms with E-state index in [9.17, 15) is 4.79 Å². The van der Waals surface area contributed by atoms with Crippen molar-refractivity contribution in [2.45, 2.75) is 32.6 Å². The second-order valence-corrected chi connectivity index (χ2v) is 5.80. The van der Waals surface area contributed by atoms with Crippen molar-refractivity contribution < 1.29 is 9.53 Å². The Balaban J connectivity index is 2.11. The van der Waals surface area contributed by atoms with Crippen LogP contribution in [0, 0.1) is 6.92 Å². The number of aryl methyl sites for hydroxylation is 1. The molecule has 0 aliphatic carbocycles. The number of likely N-dealkylation sites (tertiary alicyclic amines) is 1. The molecule has 0 spiro atoms. The molecule has 100 valence electrons. The maximum atomic E-state index is 11.8. The van der Waals surface area contributed by atoms with Gasteiger partial charge in [0.25, 0.3) is 0 Å². The fraction of sp³-hybridized carbons (Fsp3) is 0.692. The molecule has 2 rings (SSSR count). The Bertz CT molecular complexity index is 423. The Morgan fingerprint density at radius 1 is 1.50 bits per heavy atom. The second kappa shape index (κ2) is 5.80. The van der Waals surface area contributed by atoms with Crippen LogP contribution in [0.25, 0.3) is 0 Å². The standard InChI is InChI=1S/C13H20N2O2S/c1-4-17-13(16)11-9(2)14-12(18-11)10-5-7-15(3)8-6-10/h10H,4-8H2,1-3H3. The number of piperidine rings is 1. The molecule has 5 heteroatoms. The number of hydrogen-bond acceptors (Lipinski definition) is 5. The van der Waals surface area contributed by atoms with Crippen LogP contribution in [0.3, 0.4) is 0 Å². The van der Waals surface area contributed by atoms with Gasteiger partial charge in [0.05, 0.1) is 17.3 Å². The molecule has 1 aromatic heterocycles. The lowest BCUT2D eigenvalue weighted by Crippen LogP contribution is -2.29. The molecular formula is C13H20N2O2S. The van der Waals surface area contributed by atoms with E-state index in [1.54, 1.807) is 0 Å². The number of carbonyl (C=O) groups is 1. The van der Waals surface area contributed by atoms with Gasteiger partial charge in [-0.3, -0.25) is 0 Å². The molecule has 0 bridgehead atoms. The van der Waals surface area contributed by atoms with E-state index >= 15 is 0 Å². The lowest BCUT2D eigenvalue weighted by molar-refractivity contribution is 0.0531. The highest BCUT2D eigenvalue weighted by molar-refractivity contribution is 7.13. The molecule has 4 nitrogen and oxygen atoms in total. The molecule has 0 radical (unpaired) electrons. The van der Waals surface area contributed by atoms with Crippen molar-refractivity contribution in [1.29, 1.82) is 0 Å². The maximum absolute atomic E-state index is 11.8. The van der Waals surface area contributed by atoms with Crippen LogP contribution < -0.4 is 0 Å². The van der Waals surface area contributed by atoms with Crippen molar-refractivity contribution in [3.8, 4) is 0 Å². The molecule has 0 N–H and O–H groups in total. The molecule has 1 aliphatic rings. The summed E-state index contributed by atoms with van der Waals surface area (Å²) in [6.45, 7) is 6.35. The average molecular weight is 268 g/mol. The first-order chi connectivity index (χ1) is 8.61. The molecular weight excluding hydrogens is 248 g/mol. The van der Waals surface area contributed by atoms with Crippen LogP contribution in [0.15, 0.2) is 0 Å². The smallest absolute Gasteiger partial charge is 0.350 e. The van der Waals surface area contributed by atoms with Gasteiger partial charge in [0.15, 0.2) is 0 Å². The number of carbonyl (C=O) groups excluding carboxylic acids is 1. The van der Waals surface area contributed by atoms with Gasteiger partial charge < -0.3 is 9.64 Å². The largest absolute Gasteiger partial charge is 0.462 e. The number of esters is 1. The minimum atomic E-state index is -0.230. The molecule has 1 saturated heterocycles. The first-order valence-corrected chi connectivity index (χ1v) is 7.26. The molecule has 0 atom stereocenters. The average Bonchev–Trinajstić information content (AvgIpc) is 2.72. The van der Waals surface area contributed by atoms with E-state index in [1.807, 2.05) is 13.8 Å². The molecule has 1 fully saturated rings. The van der Waals surface area contributed by atoms with E-state index in [-0.39, 0.29) is 5.97 Å². The van der Waals surface area contributed by atoms with Crippen LogP contribution in [0.5, 0.6) is 0 Å². The van der Waals surface area contributed by atoms with Gasteiger partial charge in [0, 0.05) is 5.92 Å². The Hall–Kier alpha value is -0.940. The first-order valence-electron chi connectivity index (χ1n) is 6.44. The Morgan fingerprint density at radius 3 is 2.78 bits per heavy atom. The zero-order valence-corrected chi connectivity index (χ0v) is 12.0. The summed E-state index contributed by atoms with van der Waals surface area (Å²) in [5.74, 6) is 0.278. The van der Waals surface area contributed by atoms with Crippen LogP contribution in [0.2, 0.25) is 0 Å². The zero-order chi connectivity index (χ0) is 13.1. The Kier molecular flexibility index (Phi) is 4.35. The summed E-state index contributed by atoms with van der Waals surface area (Å²) < 4.78 is 5.05. The zero-order valence-electron chi connectivity index (χ0n) is 11.2. The van der Waals surface area contributed by atoms with Gasteiger partial charge in [-0.15, -0.1) is 11.3 Å². The number of hydrogen-bond donors (Lipinski definition) is 0. The normalized spacial score (nSPS) is 17.9. The van der Waals surface area contributed by atoms with Gasteiger partial charge in [0.1, 0.15) is 4.88 Å². The molecule has 1 aromatic rings. The minimum absolute atomic E-state index is 0.230. The van der Waals surface area contributed by atoms with E-state index < -0.39 is 0 Å². The maximum Gasteiger partial charge on any atom is 0.350 e. The molecule has 2 heterocycles. The van der Waals surface area contributed by atoms with E-state index in [0.717, 1.165) is 36.6 Å². The highest BCUT2D eigenvalue weighted by Crippen LogP contribution is 2.32. The van der Waals surface area contributed by atoms with Crippen molar-refractivity contribution in [1.82, 2.24) is 9.88 Å². The summed E-state index contributed by atoms with van der Waals surface area (Å²) in [6, 6.07) is 0. The monoisotopic (exact) mass is 268 g/mol. The van der Waals surface area contributed by atoms with Gasteiger partial charge >= 0.3 is 5.97 Å². The lowest BCUT2D eigenvalue weighted by atomic mass is 9.98. The highest BCUT2D eigenvalue weighted by Gasteiger charge is 2.24. The number of aromatic nitrogens is 1. The van der Waals surface area contributed by atoms with Crippen molar-refractivity contribution in [3.63, 3.8) is 0 Å². The molecule has 0 aromatic carbocycles. The van der Waals surface area contributed by atoms with E-state index in [2.05, 4.69) is 16.9 Å². The van der Waals surface area contributed by atoms with E-state index in [1.165, 1.54) is 11.3 Å². The summed E-state index contributed by atoms with van der Waals surface area (Å²) in [5.41, 5.74) is 0.812. The summed E-state index contributed by atoms with van der Waals surface area (Å²) in [6.07, 6.45) is 2.26. The van der Waals surface area contributed by atoms with Crippen LogP contribution in [-0.2, 0) is 4.74 Å². The van der Waals surface area contributed by atoms with Crippen LogP contribution in [-0.4, -0.2) is 42.6 Å². The van der Waals surface area contributed by atoms with Gasteiger partial charge in [-0.25, -0.2) is 9.78 Å².